The molecule has 2 rings (SSSR count). The van der Waals surface area contributed by atoms with Gasteiger partial charge in [0.25, 0.3) is 0 Å². The summed E-state index contributed by atoms with van der Waals surface area (Å²) in [6, 6.07) is 0. The molecule has 0 radical (unpaired) electrons. The van der Waals surface area contributed by atoms with Crippen LogP contribution in [0.3, 0.4) is 0 Å². The normalized spacial score (nSPS) is 35.6. The zero-order chi connectivity index (χ0) is 13.2. The molecular weight excluding hydrogens is 230 g/mol. The Morgan fingerprint density at radius 3 is 2.72 bits per heavy atom. The first kappa shape index (κ1) is 13.8. The number of rotatable bonds is 4. The Balaban J connectivity index is 1.99. The van der Waals surface area contributed by atoms with Gasteiger partial charge in [-0.3, -0.25) is 10.1 Å². The average molecular weight is 255 g/mol. The second kappa shape index (κ2) is 5.17. The molecule has 0 aromatic carbocycles. The molecule has 18 heavy (non-hydrogen) atoms. The number of hydrogen-bond donors (Lipinski definition) is 2. The first-order valence-electron chi connectivity index (χ1n) is 7.04. The number of ether oxygens (including phenoxy) is 1. The molecule has 1 saturated carbocycles. The lowest BCUT2D eigenvalue weighted by atomic mass is 9.68. The minimum Gasteiger partial charge on any atom is -0.480 e. The fraction of sp³-hybridized carbons (Fsp3) is 0.929. The Labute approximate surface area is 109 Å². The van der Waals surface area contributed by atoms with Crippen LogP contribution in [0.2, 0.25) is 0 Å². The van der Waals surface area contributed by atoms with Crippen molar-refractivity contribution >= 4 is 5.97 Å². The molecule has 2 aliphatic rings. The second-order valence-electron chi connectivity index (χ2n) is 6.60. The fourth-order valence-electron chi connectivity index (χ4n) is 3.39. The van der Waals surface area contributed by atoms with E-state index in [0.717, 1.165) is 38.7 Å². The second-order valence-corrected chi connectivity index (χ2v) is 6.60. The highest BCUT2D eigenvalue weighted by molar-refractivity contribution is 5.79. The molecule has 0 aromatic rings. The lowest BCUT2D eigenvalue weighted by Crippen LogP contribution is -2.57. The minimum atomic E-state index is -0.742. The molecule has 2 fully saturated rings. The maximum atomic E-state index is 11.7. The summed E-state index contributed by atoms with van der Waals surface area (Å²) in [7, 11) is 0. The molecule has 1 aliphatic carbocycles. The van der Waals surface area contributed by atoms with Crippen LogP contribution < -0.4 is 5.32 Å². The predicted octanol–water partition coefficient (Wildman–Crippen LogP) is 2.18. The summed E-state index contributed by atoms with van der Waals surface area (Å²) in [5.41, 5.74) is -0.631. The van der Waals surface area contributed by atoms with Gasteiger partial charge < -0.3 is 9.84 Å². The molecule has 4 nitrogen and oxygen atoms in total. The third kappa shape index (κ3) is 3.04. The van der Waals surface area contributed by atoms with Crippen LogP contribution in [-0.4, -0.2) is 35.9 Å². The number of hydrogen-bond acceptors (Lipinski definition) is 3. The Bertz CT molecular complexity index is 310. The number of carboxylic acids is 1. The van der Waals surface area contributed by atoms with Gasteiger partial charge in [-0.2, -0.15) is 0 Å². The lowest BCUT2D eigenvalue weighted by molar-refractivity contribution is -0.148. The summed E-state index contributed by atoms with van der Waals surface area (Å²) in [4.78, 5) is 11.7. The zero-order valence-corrected chi connectivity index (χ0v) is 11.5. The Morgan fingerprint density at radius 2 is 2.17 bits per heavy atom. The summed E-state index contributed by atoms with van der Waals surface area (Å²) in [6.45, 7) is 5.81. The maximum absolute atomic E-state index is 11.7. The van der Waals surface area contributed by atoms with Gasteiger partial charge in [-0.15, -0.1) is 0 Å². The van der Waals surface area contributed by atoms with Crippen molar-refractivity contribution in [1.29, 1.82) is 0 Å². The SMILES string of the molecule is CC1(C)CCCC(NCC2CCCO2)(C(=O)O)C1. The Morgan fingerprint density at radius 1 is 1.39 bits per heavy atom. The van der Waals surface area contributed by atoms with Crippen LogP contribution in [0.1, 0.15) is 52.4 Å². The van der Waals surface area contributed by atoms with E-state index < -0.39 is 11.5 Å². The van der Waals surface area contributed by atoms with E-state index in [1.807, 2.05) is 0 Å². The molecule has 0 amide bonds. The maximum Gasteiger partial charge on any atom is 0.323 e. The van der Waals surface area contributed by atoms with Gasteiger partial charge >= 0.3 is 5.97 Å². The van der Waals surface area contributed by atoms with E-state index in [2.05, 4.69) is 19.2 Å². The van der Waals surface area contributed by atoms with Crippen LogP contribution in [0.4, 0.5) is 0 Å². The zero-order valence-electron chi connectivity index (χ0n) is 11.5. The van der Waals surface area contributed by atoms with E-state index >= 15 is 0 Å². The molecule has 104 valence electrons. The Hall–Kier alpha value is -0.610. The number of aliphatic carboxylic acids is 1. The molecule has 1 heterocycles. The van der Waals surface area contributed by atoms with E-state index in [9.17, 15) is 9.90 Å². The van der Waals surface area contributed by atoms with E-state index in [4.69, 9.17) is 4.74 Å². The van der Waals surface area contributed by atoms with Gasteiger partial charge in [0.1, 0.15) is 5.54 Å². The molecule has 1 aliphatic heterocycles. The van der Waals surface area contributed by atoms with Crippen LogP contribution in [0.5, 0.6) is 0 Å². The fourth-order valence-corrected chi connectivity index (χ4v) is 3.39. The van der Waals surface area contributed by atoms with Crippen molar-refractivity contribution in [1.82, 2.24) is 5.32 Å². The molecule has 0 spiro atoms. The van der Waals surface area contributed by atoms with Crippen molar-refractivity contribution < 1.29 is 14.6 Å². The van der Waals surface area contributed by atoms with Crippen molar-refractivity contribution in [2.24, 2.45) is 5.41 Å². The van der Waals surface area contributed by atoms with Gasteiger partial charge in [0.05, 0.1) is 6.10 Å². The number of nitrogens with one attached hydrogen (secondary N) is 1. The minimum absolute atomic E-state index is 0.111. The van der Waals surface area contributed by atoms with E-state index in [1.165, 1.54) is 0 Å². The van der Waals surface area contributed by atoms with Gasteiger partial charge in [0, 0.05) is 13.2 Å². The monoisotopic (exact) mass is 255 g/mol. The smallest absolute Gasteiger partial charge is 0.323 e. The summed E-state index contributed by atoms with van der Waals surface area (Å²) < 4.78 is 5.57. The van der Waals surface area contributed by atoms with E-state index in [1.54, 1.807) is 0 Å². The van der Waals surface area contributed by atoms with Gasteiger partial charge in [-0.05, 0) is 37.5 Å². The van der Waals surface area contributed by atoms with Crippen LogP contribution >= 0.6 is 0 Å². The summed E-state index contributed by atoms with van der Waals surface area (Å²) in [5, 5.41) is 12.9. The number of carboxylic acid groups (broad SMARTS) is 1. The first-order chi connectivity index (χ1) is 8.44. The molecule has 2 atom stereocenters. The largest absolute Gasteiger partial charge is 0.480 e. The molecule has 2 N–H and O–H groups in total. The summed E-state index contributed by atoms with van der Waals surface area (Å²) >= 11 is 0. The van der Waals surface area contributed by atoms with Crippen LogP contribution in [0, 0.1) is 5.41 Å². The van der Waals surface area contributed by atoms with E-state index in [-0.39, 0.29) is 11.5 Å². The van der Waals surface area contributed by atoms with Gasteiger partial charge in [0.15, 0.2) is 0 Å². The summed E-state index contributed by atoms with van der Waals surface area (Å²) in [6.07, 6.45) is 5.89. The van der Waals surface area contributed by atoms with Gasteiger partial charge in [-0.25, -0.2) is 0 Å². The highest BCUT2D eigenvalue weighted by atomic mass is 16.5. The quantitative estimate of drug-likeness (QED) is 0.808. The van der Waals surface area contributed by atoms with Crippen LogP contribution in [0.25, 0.3) is 0 Å². The molecule has 4 heteroatoms. The van der Waals surface area contributed by atoms with Crippen LogP contribution in [-0.2, 0) is 9.53 Å². The van der Waals surface area contributed by atoms with Gasteiger partial charge in [0.2, 0.25) is 0 Å². The summed E-state index contributed by atoms with van der Waals surface area (Å²) in [5.74, 6) is -0.701. The highest BCUT2D eigenvalue weighted by Crippen LogP contribution is 2.41. The van der Waals surface area contributed by atoms with Crippen molar-refractivity contribution in [3.05, 3.63) is 0 Å². The molecular formula is C14H25NO3. The highest BCUT2D eigenvalue weighted by Gasteiger charge is 2.45. The third-order valence-corrected chi connectivity index (χ3v) is 4.34. The molecule has 0 bridgehead atoms. The van der Waals surface area contributed by atoms with Crippen molar-refractivity contribution in [2.75, 3.05) is 13.2 Å². The topological polar surface area (TPSA) is 58.6 Å². The molecule has 0 aromatic heterocycles. The van der Waals surface area contributed by atoms with Gasteiger partial charge in [-0.1, -0.05) is 20.3 Å². The average Bonchev–Trinajstić information content (AvgIpc) is 2.77. The third-order valence-electron chi connectivity index (χ3n) is 4.34. The Kier molecular flexibility index (Phi) is 3.97. The molecule has 2 unspecified atom stereocenters. The van der Waals surface area contributed by atoms with E-state index in [0.29, 0.717) is 13.0 Å². The van der Waals surface area contributed by atoms with Crippen molar-refractivity contribution in [3.63, 3.8) is 0 Å². The van der Waals surface area contributed by atoms with Crippen molar-refractivity contribution in [3.8, 4) is 0 Å². The lowest BCUT2D eigenvalue weighted by Gasteiger charge is -2.43. The predicted molar refractivity (Wildman–Crippen MR) is 69.6 cm³/mol. The molecule has 1 saturated heterocycles. The number of carbonyl (C=O) groups is 1. The standard InChI is InChI=1S/C14H25NO3/c1-13(2)6-4-7-14(10-13,12(16)17)15-9-11-5-3-8-18-11/h11,15H,3-10H2,1-2H3,(H,16,17). The first-order valence-corrected chi connectivity index (χ1v) is 7.04. The van der Waals surface area contributed by atoms with Crippen molar-refractivity contribution in [2.45, 2.75) is 64.0 Å². The van der Waals surface area contributed by atoms with Crippen LogP contribution in [0.15, 0.2) is 0 Å².